The number of hydrogen-bond acceptors (Lipinski definition) is 5. The van der Waals surface area contributed by atoms with Crippen LogP contribution >= 0.6 is 15.9 Å². The molecule has 16 heavy (non-hydrogen) atoms. The number of anilines is 1. The van der Waals surface area contributed by atoms with Gasteiger partial charge in [-0.15, -0.1) is 0 Å². The normalized spacial score (nSPS) is 17.3. The Morgan fingerprint density at radius 3 is 2.69 bits per heavy atom. The van der Waals surface area contributed by atoms with E-state index in [9.17, 15) is 0 Å². The molecule has 1 fully saturated rings. The maximum absolute atomic E-state index is 4.16. The maximum atomic E-state index is 4.16. The number of hydrogen-bond donors (Lipinski definition) is 2. The van der Waals surface area contributed by atoms with E-state index >= 15 is 0 Å². The van der Waals surface area contributed by atoms with E-state index in [4.69, 9.17) is 0 Å². The van der Waals surface area contributed by atoms with Crippen LogP contribution in [0.3, 0.4) is 0 Å². The van der Waals surface area contributed by atoms with E-state index in [1.165, 1.54) is 0 Å². The quantitative estimate of drug-likeness (QED) is 0.847. The summed E-state index contributed by atoms with van der Waals surface area (Å²) in [6, 6.07) is 0. The summed E-state index contributed by atoms with van der Waals surface area (Å²) < 4.78 is 0.903. The van der Waals surface area contributed by atoms with Gasteiger partial charge in [-0.3, -0.25) is 4.90 Å². The van der Waals surface area contributed by atoms with E-state index < -0.39 is 0 Å². The summed E-state index contributed by atoms with van der Waals surface area (Å²) >= 11 is 3.31. The van der Waals surface area contributed by atoms with Crippen molar-refractivity contribution >= 4 is 21.9 Å². The lowest BCUT2D eigenvalue weighted by atomic mass is 10.3. The first kappa shape index (κ1) is 11.8. The van der Waals surface area contributed by atoms with Gasteiger partial charge in [0.15, 0.2) is 0 Å². The molecule has 0 bridgehead atoms. The molecule has 1 aliphatic heterocycles. The van der Waals surface area contributed by atoms with Crippen molar-refractivity contribution in [1.29, 1.82) is 0 Å². The minimum absolute atomic E-state index is 0.693. The smallest absolute Gasteiger partial charge is 0.222 e. The highest BCUT2D eigenvalue weighted by Crippen LogP contribution is 2.06. The van der Waals surface area contributed by atoms with Crippen molar-refractivity contribution in [3.8, 4) is 0 Å². The molecule has 0 aromatic carbocycles. The Balaban J connectivity index is 1.69. The third-order valence-electron chi connectivity index (χ3n) is 2.54. The monoisotopic (exact) mass is 285 g/mol. The zero-order chi connectivity index (χ0) is 11.2. The summed E-state index contributed by atoms with van der Waals surface area (Å²) in [6.45, 7) is 6.37. The molecular weight excluding hydrogens is 270 g/mol. The SMILES string of the molecule is Brc1cnc(NCCN2CCNCC2)nc1. The lowest BCUT2D eigenvalue weighted by molar-refractivity contribution is 0.249. The van der Waals surface area contributed by atoms with Gasteiger partial charge in [0.1, 0.15) is 0 Å². The average Bonchev–Trinajstić information content (AvgIpc) is 2.33. The largest absolute Gasteiger partial charge is 0.353 e. The molecule has 1 aromatic rings. The highest BCUT2D eigenvalue weighted by atomic mass is 79.9. The first-order chi connectivity index (χ1) is 7.84. The zero-order valence-corrected chi connectivity index (χ0v) is 10.7. The van der Waals surface area contributed by atoms with E-state index in [-0.39, 0.29) is 0 Å². The fourth-order valence-corrected chi connectivity index (χ4v) is 1.87. The van der Waals surface area contributed by atoms with Crippen LogP contribution in [-0.2, 0) is 0 Å². The number of rotatable bonds is 4. The number of piperazine rings is 1. The van der Waals surface area contributed by atoms with Gasteiger partial charge in [0.2, 0.25) is 5.95 Å². The van der Waals surface area contributed by atoms with Crippen LogP contribution in [-0.4, -0.2) is 54.1 Å². The molecule has 1 saturated heterocycles. The molecule has 0 radical (unpaired) electrons. The lowest BCUT2D eigenvalue weighted by Gasteiger charge is -2.27. The van der Waals surface area contributed by atoms with Crippen molar-refractivity contribution in [2.45, 2.75) is 0 Å². The lowest BCUT2D eigenvalue weighted by Crippen LogP contribution is -2.45. The van der Waals surface area contributed by atoms with Crippen LogP contribution in [0.15, 0.2) is 16.9 Å². The van der Waals surface area contributed by atoms with Crippen LogP contribution in [0, 0.1) is 0 Å². The highest BCUT2D eigenvalue weighted by Gasteiger charge is 2.08. The molecule has 5 nitrogen and oxygen atoms in total. The van der Waals surface area contributed by atoms with Crippen LogP contribution < -0.4 is 10.6 Å². The van der Waals surface area contributed by atoms with E-state index in [0.717, 1.165) is 43.7 Å². The molecule has 0 aliphatic carbocycles. The second-order valence-electron chi connectivity index (χ2n) is 3.74. The van der Waals surface area contributed by atoms with Crippen molar-refractivity contribution in [2.24, 2.45) is 0 Å². The third kappa shape index (κ3) is 3.70. The first-order valence-corrected chi connectivity index (χ1v) is 6.28. The Kier molecular flexibility index (Phi) is 4.50. The van der Waals surface area contributed by atoms with Crippen LogP contribution in [0.5, 0.6) is 0 Å². The van der Waals surface area contributed by atoms with Gasteiger partial charge < -0.3 is 10.6 Å². The Morgan fingerprint density at radius 1 is 1.31 bits per heavy atom. The summed E-state index contributed by atoms with van der Waals surface area (Å²) in [5, 5.41) is 6.55. The summed E-state index contributed by atoms with van der Waals surface area (Å²) in [4.78, 5) is 10.8. The molecular formula is C10H16BrN5. The van der Waals surface area contributed by atoms with Gasteiger partial charge in [-0.1, -0.05) is 0 Å². The second kappa shape index (κ2) is 6.12. The van der Waals surface area contributed by atoms with Gasteiger partial charge in [0, 0.05) is 51.7 Å². The predicted molar refractivity (Wildman–Crippen MR) is 67.5 cm³/mol. The van der Waals surface area contributed by atoms with Gasteiger partial charge in [-0.2, -0.15) is 0 Å². The molecule has 0 spiro atoms. The van der Waals surface area contributed by atoms with Gasteiger partial charge in [0.05, 0.1) is 4.47 Å². The van der Waals surface area contributed by atoms with Crippen LogP contribution in [0.2, 0.25) is 0 Å². The summed E-state index contributed by atoms with van der Waals surface area (Å²) in [7, 11) is 0. The van der Waals surface area contributed by atoms with Crippen molar-refractivity contribution in [3.05, 3.63) is 16.9 Å². The van der Waals surface area contributed by atoms with E-state index in [2.05, 4.69) is 41.4 Å². The van der Waals surface area contributed by atoms with Crippen LogP contribution in [0.1, 0.15) is 0 Å². The van der Waals surface area contributed by atoms with E-state index in [1.54, 1.807) is 12.4 Å². The molecule has 0 amide bonds. The molecule has 2 heterocycles. The molecule has 2 rings (SSSR count). The minimum atomic E-state index is 0.693. The van der Waals surface area contributed by atoms with Crippen molar-refractivity contribution in [2.75, 3.05) is 44.6 Å². The number of aromatic nitrogens is 2. The minimum Gasteiger partial charge on any atom is -0.353 e. The number of halogens is 1. The van der Waals surface area contributed by atoms with Crippen molar-refractivity contribution in [1.82, 2.24) is 20.2 Å². The van der Waals surface area contributed by atoms with Gasteiger partial charge >= 0.3 is 0 Å². The fourth-order valence-electron chi connectivity index (χ4n) is 1.66. The average molecular weight is 286 g/mol. The molecule has 0 unspecified atom stereocenters. The standard InChI is InChI=1S/C10H16BrN5/c11-9-7-14-10(15-8-9)13-3-6-16-4-1-12-2-5-16/h7-8,12H,1-6H2,(H,13,14,15). The number of nitrogens with one attached hydrogen (secondary N) is 2. The Hall–Kier alpha value is -0.720. The molecule has 6 heteroatoms. The summed E-state index contributed by atoms with van der Waals surface area (Å²) in [6.07, 6.45) is 3.50. The molecule has 0 saturated carbocycles. The molecule has 0 atom stereocenters. The van der Waals surface area contributed by atoms with Gasteiger partial charge in [-0.25, -0.2) is 9.97 Å². The highest BCUT2D eigenvalue weighted by molar-refractivity contribution is 9.10. The predicted octanol–water partition coefficient (Wildman–Crippen LogP) is 0.556. The van der Waals surface area contributed by atoms with Gasteiger partial charge in [-0.05, 0) is 15.9 Å². The van der Waals surface area contributed by atoms with Crippen LogP contribution in [0.25, 0.3) is 0 Å². The Bertz CT molecular complexity index is 309. The molecule has 1 aromatic heterocycles. The van der Waals surface area contributed by atoms with E-state index in [1.807, 2.05) is 0 Å². The maximum Gasteiger partial charge on any atom is 0.222 e. The van der Waals surface area contributed by atoms with E-state index in [0.29, 0.717) is 5.95 Å². The third-order valence-corrected chi connectivity index (χ3v) is 2.95. The molecule has 88 valence electrons. The van der Waals surface area contributed by atoms with Crippen molar-refractivity contribution < 1.29 is 0 Å². The Labute approximate surface area is 104 Å². The van der Waals surface area contributed by atoms with Crippen molar-refractivity contribution in [3.63, 3.8) is 0 Å². The zero-order valence-electron chi connectivity index (χ0n) is 9.12. The van der Waals surface area contributed by atoms with Gasteiger partial charge in [0.25, 0.3) is 0 Å². The Morgan fingerprint density at radius 2 is 2.00 bits per heavy atom. The summed E-state index contributed by atoms with van der Waals surface area (Å²) in [5.74, 6) is 0.693. The second-order valence-corrected chi connectivity index (χ2v) is 4.66. The molecule has 1 aliphatic rings. The topological polar surface area (TPSA) is 53.1 Å². The van der Waals surface area contributed by atoms with Crippen LogP contribution in [0.4, 0.5) is 5.95 Å². The molecule has 2 N–H and O–H groups in total. The fraction of sp³-hybridized carbons (Fsp3) is 0.600. The summed E-state index contributed by atoms with van der Waals surface area (Å²) in [5.41, 5.74) is 0. The number of nitrogens with zero attached hydrogens (tertiary/aromatic N) is 3. The first-order valence-electron chi connectivity index (χ1n) is 5.49.